The summed E-state index contributed by atoms with van der Waals surface area (Å²) in [6.07, 6.45) is -0.663. The Morgan fingerprint density at radius 3 is 2.55 bits per heavy atom. The van der Waals surface area contributed by atoms with E-state index < -0.39 is 23.6 Å². The molecule has 0 unspecified atom stereocenters. The van der Waals surface area contributed by atoms with E-state index in [9.17, 15) is 22.4 Å². The molecular formula is C22H12F4N6O. The van der Waals surface area contributed by atoms with Crippen molar-refractivity contribution in [2.45, 2.75) is 6.18 Å². The summed E-state index contributed by atoms with van der Waals surface area (Å²) in [5, 5.41) is 15.4. The lowest BCUT2D eigenvalue weighted by Crippen LogP contribution is -2.15. The largest absolute Gasteiger partial charge is 0.433 e. The number of nitrogens with one attached hydrogen (secondary N) is 1. The van der Waals surface area contributed by atoms with Gasteiger partial charge in [0.25, 0.3) is 5.91 Å². The van der Waals surface area contributed by atoms with Gasteiger partial charge in [-0.25, -0.2) is 14.1 Å². The lowest BCUT2D eigenvalue weighted by molar-refractivity contribution is -0.142. The molecule has 0 aliphatic carbocycles. The second kappa shape index (κ2) is 8.51. The maximum Gasteiger partial charge on any atom is 0.433 e. The number of anilines is 1. The molecule has 1 amide bonds. The van der Waals surface area contributed by atoms with Crippen LogP contribution in [0, 0.1) is 17.1 Å². The minimum absolute atomic E-state index is 0.0176. The average Bonchev–Trinajstić information content (AvgIpc) is 3.27. The highest BCUT2D eigenvalue weighted by molar-refractivity contribution is 6.04. The van der Waals surface area contributed by atoms with Crippen molar-refractivity contribution in [2.24, 2.45) is 0 Å². The van der Waals surface area contributed by atoms with Crippen LogP contribution in [-0.4, -0.2) is 25.7 Å². The monoisotopic (exact) mass is 452 g/mol. The van der Waals surface area contributed by atoms with Crippen molar-refractivity contribution in [1.29, 1.82) is 5.26 Å². The standard InChI is InChI=1S/C22H12F4N6O/c23-17-5-3-13(8-15(17)10-27)21(33)30-20-6-4-16(12-29-20)32-19(22(24,25)26)9-18(31-32)14-2-1-7-28-11-14/h1-9,11-12H,(H,29,30,33). The number of hydrogen-bond donors (Lipinski definition) is 1. The third-order valence-corrected chi connectivity index (χ3v) is 4.54. The van der Waals surface area contributed by atoms with Crippen LogP contribution in [0.3, 0.4) is 0 Å². The highest BCUT2D eigenvalue weighted by Crippen LogP contribution is 2.34. The van der Waals surface area contributed by atoms with Crippen LogP contribution in [0.25, 0.3) is 16.9 Å². The number of hydrogen-bond acceptors (Lipinski definition) is 5. The van der Waals surface area contributed by atoms with E-state index in [1.54, 1.807) is 18.2 Å². The number of aromatic nitrogens is 4. The van der Waals surface area contributed by atoms with Gasteiger partial charge in [-0.15, -0.1) is 0 Å². The molecule has 3 heterocycles. The SMILES string of the molecule is N#Cc1cc(C(=O)Nc2ccc(-n3nc(-c4cccnc4)cc3C(F)(F)F)cn2)ccc1F. The predicted octanol–water partition coefficient (Wildman–Crippen LogP) is 4.61. The van der Waals surface area contributed by atoms with Crippen LogP contribution >= 0.6 is 0 Å². The number of amides is 1. The number of nitriles is 1. The maximum atomic E-state index is 13.6. The molecular weight excluding hydrogens is 440 g/mol. The molecule has 0 fully saturated rings. The molecule has 7 nitrogen and oxygen atoms in total. The first-order chi connectivity index (χ1) is 15.8. The Labute approximate surface area is 184 Å². The van der Waals surface area contributed by atoms with E-state index in [0.29, 0.717) is 10.2 Å². The first kappa shape index (κ1) is 21.6. The molecule has 33 heavy (non-hydrogen) atoms. The normalized spacial score (nSPS) is 11.1. The maximum absolute atomic E-state index is 13.6. The molecule has 0 saturated carbocycles. The van der Waals surface area contributed by atoms with Gasteiger partial charge in [-0.05, 0) is 48.5 Å². The summed E-state index contributed by atoms with van der Waals surface area (Å²) in [7, 11) is 0. The fourth-order valence-electron chi connectivity index (χ4n) is 2.96. The molecule has 4 aromatic rings. The van der Waals surface area contributed by atoms with Crippen LogP contribution in [0.15, 0.2) is 67.1 Å². The first-order valence-electron chi connectivity index (χ1n) is 9.31. The number of carbonyl (C=O) groups excluding carboxylic acids is 1. The second-order valence-electron chi connectivity index (χ2n) is 6.73. The van der Waals surface area contributed by atoms with Gasteiger partial charge in [0.2, 0.25) is 0 Å². The second-order valence-corrected chi connectivity index (χ2v) is 6.73. The van der Waals surface area contributed by atoms with Gasteiger partial charge < -0.3 is 5.32 Å². The topological polar surface area (TPSA) is 96.5 Å². The molecule has 0 saturated heterocycles. The van der Waals surface area contributed by atoms with E-state index in [0.717, 1.165) is 24.4 Å². The third-order valence-electron chi connectivity index (χ3n) is 4.54. The number of nitrogens with zero attached hydrogens (tertiary/aromatic N) is 5. The van der Waals surface area contributed by atoms with Crippen LogP contribution in [0.5, 0.6) is 0 Å². The molecule has 0 atom stereocenters. The van der Waals surface area contributed by atoms with Gasteiger partial charge in [0.1, 0.15) is 23.4 Å². The Hall–Kier alpha value is -4.59. The zero-order valence-electron chi connectivity index (χ0n) is 16.5. The minimum atomic E-state index is -4.68. The van der Waals surface area contributed by atoms with E-state index in [2.05, 4.69) is 20.4 Å². The Morgan fingerprint density at radius 2 is 1.91 bits per heavy atom. The third kappa shape index (κ3) is 4.54. The van der Waals surface area contributed by atoms with Crippen molar-refractivity contribution < 1.29 is 22.4 Å². The van der Waals surface area contributed by atoms with E-state index >= 15 is 0 Å². The zero-order chi connectivity index (χ0) is 23.6. The van der Waals surface area contributed by atoms with E-state index in [1.807, 2.05) is 0 Å². The van der Waals surface area contributed by atoms with Gasteiger partial charge in [-0.3, -0.25) is 9.78 Å². The molecule has 0 spiro atoms. The highest BCUT2D eigenvalue weighted by Gasteiger charge is 2.36. The van der Waals surface area contributed by atoms with Crippen LogP contribution in [0.4, 0.5) is 23.4 Å². The minimum Gasteiger partial charge on any atom is -0.307 e. The van der Waals surface area contributed by atoms with Crippen LogP contribution in [0.2, 0.25) is 0 Å². The predicted molar refractivity (Wildman–Crippen MR) is 109 cm³/mol. The van der Waals surface area contributed by atoms with Crippen LogP contribution < -0.4 is 5.32 Å². The van der Waals surface area contributed by atoms with Crippen LogP contribution in [0.1, 0.15) is 21.6 Å². The average molecular weight is 452 g/mol. The summed E-state index contributed by atoms with van der Waals surface area (Å²) in [6, 6.07) is 11.6. The lowest BCUT2D eigenvalue weighted by Gasteiger charge is -2.10. The van der Waals surface area contributed by atoms with Gasteiger partial charge in [0, 0.05) is 23.5 Å². The zero-order valence-corrected chi connectivity index (χ0v) is 16.5. The van der Waals surface area contributed by atoms with Gasteiger partial charge in [-0.2, -0.15) is 23.5 Å². The van der Waals surface area contributed by atoms with Crippen LogP contribution in [-0.2, 0) is 6.18 Å². The molecule has 3 aromatic heterocycles. The Kier molecular flexibility index (Phi) is 5.58. The number of carbonyl (C=O) groups is 1. The molecule has 4 rings (SSSR count). The van der Waals surface area contributed by atoms with Gasteiger partial charge in [0.15, 0.2) is 0 Å². The summed E-state index contributed by atoms with van der Waals surface area (Å²) < 4.78 is 54.9. The highest BCUT2D eigenvalue weighted by atomic mass is 19.4. The number of benzene rings is 1. The van der Waals surface area contributed by atoms with Crippen molar-refractivity contribution >= 4 is 11.7 Å². The van der Waals surface area contributed by atoms with Gasteiger partial charge >= 0.3 is 6.18 Å². The van der Waals surface area contributed by atoms with E-state index in [1.165, 1.54) is 30.6 Å². The molecule has 164 valence electrons. The summed E-state index contributed by atoms with van der Waals surface area (Å²) in [5.41, 5.74) is -0.772. The number of alkyl halides is 3. The van der Waals surface area contributed by atoms with Gasteiger partial charge in [0.05, 0.1) is 23.1 Å². The van der Waals surface area contributed by atoms with Crippen molar-refractivity contribution in [3.8, 4) is 23.0 Å². The number of pyridine rings is 2. The lowest BCUT2D eigenvalue weighted by atomic mass is 10.1. The molecule has 0 bridgehead atoms. The molecule has 11 heteroatoms. The molecule has 0 aliphatic rings. The van der Waals surface area contributed by atoms with Crippen molar-refractivity contribution in [2.75, 3.05) is 5.32 Å². The first-order valence-corrected chi connectivity index (χ1v) is 9.31. The summed E-state index contributed by atoms with van der Waals surface area (Å²) in [5.74, 6) is -1.39. The Morgan fingerprint density at radius 1 is 1.09 bits per heavy atom. The molecule has 0 radical (unpaired) electrons. The van der Waals surface area contributed by atoms with Gasteiger partial charge in [-0.1, -0.05) is 0 Å². The number of rotatable bonds is 4. The fraction of sp³-hybridized carbons (Fsp3) is 0.0455. The molecule has 1 aromatic carbocycles. The summed E-state index contributed by atoms with van der Waals surface area (Å²) in [4.78, 5) is 20.2. The van der Waals surface area contributed by atoms with Crippen molar-refractivity contribution in [3.63, 3.8) is 0 Å². The van der Waals surface area contributed by atoms with Crippen molar-refractivity contribution in [1.82, 2.24) is 19.7 Å². The smallest absolute Gasteiger partial charge is 0.307 e. The number of halogens is 4. The summed E-state index contributed by atoms with van der Waals surface area (Å²) in [6.45, 7) is 0. The quantitative estimate of drug-likeness (QED) is 0.456. The molecule has 1 N–H and O–H groups in total. The van der Waals surface area contributed by atoms with E-state index in [4.69, 9.17) is 5.26 Å². The molecule has 0 aliphatic heterocycles. The van der Waals surface area contributed by atoms with Crippen molar-refractivity contribution in [3.05, 3.63) is 89.8 Å². The fourth-order valence-corrected chi connectivity index (χ4v) is 2.96. The summed E-state index contributed by atoms with van der Waals surface area (Å²) >= 11 is 0. The van der Waals surface area contributed by atoms with E-state index in [-0.39, 0.29) is 28.3 Å². The Balaban J connectivity index is 1.61. The Bertz CT molecular complexity index is 1360.